The molecular weight excluding hydrogens is 305 g/mol. The normalized spacial score (nSPS) is 12.8. The van der Waals surface area contributed by atoms with Crippen molar-refractivity contribution in [3.05, 3.63) is 41.6 Å². The summed E-state index contributed by atoms with van der Waals surface area (Å²) in [6.07, 6.45) is -5.67. The lowest BCUT2D eigenvalue weighted by atomic mass is 10.2. The number of ether oxygens (including phenoxy) is 2. The first kappa shape index (κ1) is 15.8. The zero-order valence-electron chi connectivity index (χ0n) is 11.5. The quantitative estimate of drug-likeness (QED) is 0.806. The fraction of sp³-hybridized carbons (Fsp3) is 0.308. The molecule has 9 heteroatoms. The Morgan fingerprint density at radius 2 is 2.05 bits per heavy atom. The van der Waals surface area contributed by atoms with E-state index < -0.39 is 24.2 Å². The summed E-state index contributed by atoms with van der Waals surface area (Å²) in [4.78, 5) is 11.9. The molecule has 0 spiro atoms. The van der Waals surface area contributed by atoms with Crippen LogP contribution in [0.5, 0.6) is 5.75 Å². The van der Waals surface area contributed by atoms with E-state index in [2.05, 4.69) is 14.9 Å². The van der Waals surface area contributed by atoms with Crippen molar-refractivity contribution < 1.29 is 31.9 Å². The van der Waals surface area contributed by atoms with Gasteiger partial charge < -0.3 is 13.9 Å². The molecule has 0 saturated heterocycles. The van der Waals surface area contributed by atoms with Gasteiger partial charge in [0, 0.05) is 6.92 Å². The minimum Gasteiger partial charge on any atom is -0.449 e. The lowest BCUT2D eigenvalue weighted by Gasteiger charge is -2.11. The number of hydrogen-bond donors (Lipinski definition) is 0. The fourth-order valence-corrected chi connectivity index (χ4v) is 1.58. The van der Waals surface area contributed by atoms with Gasteiger partial charge in [0.1, 0.15) is 5.75 Å². The fourth-order valence-electron chi connectivity index (χ4n) is 1.58. The van der Waals surface area contributed by atoms with Gasteiger partial charge in [-0.1, -0.05) is 6.07 Å². The molecule has 0 bridgehead atoms. The highest BCUT2D eigenvalue weighted by atomic mass is 19.4. The summed E-state index contributed by atoms with van der Waals surface area (Å²) in [7, 11) is 0. The number of nitrogens with zero attached hydrogens (tertiary/aromatic N) is 2. The van der Waals surface area contributed by atoms with Crippen molar-refractivity contribution in [2.24, 2.45) is 0 Å². The molecule has 0 aliphatic rings. The molecule has 0 unspecified atom stereocenters. The maximum Gasteiger partial charge on any atom is 0.573 e. The SMILES string of the molecule is Cc1nnc([C@H](C)OC(=O)c2cccc(OC(F)(F)F)c2)o1. The number of aryl methyl sites for hydroxylation is 1. The average Bonchev–Trinajstić information content (AvgIpc) is 2.84. The molecule has 118 valence electrons. The predicted octanol–water partition coefficient (Wildman–Crippen LogP) is 3.19. The van der Waals surface area contributed by atoms with E-state index in [1.165, 1.54) is 19.1 Å². The Labute approximate surface area is 122 Å². The summed E-state index contributed by atoms with van der Waals surface area (Å²) >= 11 is 0. The van der Waals surface area contributed by atoms with E-state index in [1.54, 1.807) is 6.92 Å². The molecule has 2 aromatic rings. The van der Waals surface area contributed by atoms with Crippen molar-refractivity contribution in [3.8, 4) is 5.75 Å². The molecule has 6 nitrogen and oxygen atoms in total. The minimum atomic E-state index is -4.84. The Hall–Kier alpha value is -2.58. The number of aromatic nitrogens is 2. The molecular formula is C13H11F3N2O4. The van der Waals surface area contributed by atoms with Gasteiger partial charge in [-0.2, -0.15) is 0 Å². The lowest BCUT2D eigenvalue weighted by Crippen LogP contribution is -2.17. The average molecular weight is 316 g/mol. The molecule has 1 aromatic carbocycles. The number of hydrogen-bond acceptors (Lipinski definition) is 6. The van der Waals surface area contributed by atoms with Gasteiger partial charge in [0.15, 0.2) is 6.10 Å². The highest BCUT2D eigenvalue weighted by Crippen LogP contribution is 2.24. The molecule has 1 aromatic heterocycles. The van der Waals surface area contributed by atoms with Crippen molar-refractivity contribution in [2.75, 3.05) is 0 Å². The van der Waals surface area contributed by atoms with Crippen LogP contribution in [0, 0.1) is 6.92 Å². The molecule has 0 saturated carbocycles. The highest BCUT2D eigenvalue weighted by molar-refractivity contribution is 5.89. The predicted molar refractivity (Wildman–Crippen MR) is 66.0 cm³/mol. The lowest BCUT2D eigenvalue weighted by molar-refractivity contribution is -0.274. The summed E-state index contributed by atoms with van der Waals surface area (Å²) in [5.74, 6) is -0.953. The number of alkyl halides is 3. The summed E-state index contributed by atoms with van der Waals surface area (Å²) < 4.78 is 50.3. The molecule has 2 rings (SSSR count). The first-order valence-electron chi connectivity index (χ1n) is 6.11. The van der Waals surface area contributed by atoms with Crippen LogP contribution in [0.25, 0.3) is 0 Å². The smallest absolute Gasteiger partial charge is 0.449 e. The Morgan fingerprint density at radius 1 is 1.32 bits per heavy atom. The van der Waals surface area contributed by atoms with Crippen molar-refractivity contribution in [1.29, 1.82) is 0 Å². The van der Waals surface area contributed by atoms with Gasteiger partial charge >= 0.3 is 12.3 Å². The van der Waals surface area contributed by atoms with Crippen molar-refractivity contribution in [1.82, 2.24) is 10.2 Å². The number of carbonyl (C=O) groups excluding carboxylic acids is 1. The van der Waals surface area contributed by atoms with E-state index >= 15 is 0 Å². The van der Waals surface area contributed by atoms with E-state index in [4.69, 9.17) is 9.15 Å². The first-order valence-corrected chi connectivity index (χ1v) is 6.11. The first-order chi connectivity index (χ1) is 10.2. The molecule has 0 amide bonds. The number of rotatable bonds is 4. The highest BCUT2D eigenvalue weighted by Gasteiger charge is 2.31. The van der Waals surface area contributed by atoms with Crippen LogP contribution >= 0.6 is 0 Å². The molecule has 0 fully saturated rings. The second-order valence-corrected chi connectivity index (χ2v) is 4.28. The van der Waals surface area contributed by atoms with Crippen LogP contribution in [0.3, 0.4) is 0 Å². The summed E-state index contributed by atoms with van der Waals surface area (Å²) in [6, 6.07) is 4.56. The van der Waals surface area contributed by atoms with Crippen molar-refractivity contribution in [3.63, 3.8) is 0 Å². The van der Waals surface area contributed by atoms with Gasteiger partial charge in [0.2, 0.25) is 5.89 Å². The van der Waals surface area contributed by atoms with Crippen molar-refractivity contribution >= 4 is 5.97 Å². The molecule has 0 radical (unpaired) electrons. The van der Waals surface area contributed by atoms with E-state index in [0.717, 1.165) is 12.1 Å². The topological polar surface area (TPSA) is 74.5 Å². The van der Waals surface area contributed by atoms with E-state index in [-0.39, 0.29) is 11.5 Å². The Balaban J connectivity index is 2.08. The molecule has 1 atom stereocenters. The van der Waals surface area contributed by atoms with E-state index in [9.17, 15) is 18.0 Å². The largest absolute Gasteiger partial charge is 0.573 e. The molecule has 0 N–H and O–H groups in total. The summed E-state index contributed by atoms with van der Waals surface area (Å²) in [5, 5.41) is 7.28. The van der Waals surface area contributed by atoms with Gasteiger partial charge in [-0.15, -0.1) is 23.4 Å². The summed E-state index contributed by atoms with van der Waals surface area (Å²) in [6.45, 7) is 3.07. The van der Waals surface area contributed by atoms with Gasteiger partial charge in [-0.3, -0.25) is 0 Å². The third-order valence-corrected chi connectivity index (χ3v) is 2.48. The summed E-state index contributed by atoms with van der Waals surface area (Å²) in [5.41, 5.74) is -0.0927. The van der Waals surface area contributed by atoms with Crippen LogP contribution in [-0.4, -0.2) is 22.5 Å². The van der Waals surface area contributed by atoms with Crippen LogP contribution in [-0.2, 0) is 4.74 Å². The Morgan fingerprint density at radius 3 is 2.64 bits per heavy atom. The third kappa shape index (κ3) is 4.21. The molecule has 0 aliphatic carbocycles. The third-order valence-electron chi connectivity index (χ3n) is 2.48. The van der Waals surface area contributed by atoms with E-state index in [1.807, 2.05) is 0 Å². The monoisotopic (exact) mass is 316 g/mol. The second-order valence-electron chi connectivity index (χ2n) is 4.28. The second kappa shape index (κ2) is 6.04. The van der Waals surface area contributed by atoms with Crippen molar-refractivity contribution in [2.45, 2.75) is 26.3 Å². The van der Waals surface area contributed by atoms with Crippen LogP contribution in [0.4, 0.5) is 13.2 Å². The van der Waals surface area contributed by atoms with Crippen LogP contribution in [0.1, 0.15) is 35.2 Å². The molecule has 22 heavy (non-hydrogen) atoms. The number of carbonyl (C=O) groups is 1. The van der Waals surface area contributed by atoms with Gasteiger partial charge in [0.05, 0.1) is 5.56 Å². The van der Waals surface area contributed by atoms with Crippen LogP contribution < -0.4 is 4.74 Å². The zero-order valence-corrected chi connectivity index (χ0v) is 11.5. The zero-order chi connectivity index (χ0) is 16.3. The number of halogens is 3. The Kier molecular flexibility index (Phi) is 4.34. The van der Waals surface area contributed by atoms with Gasteiger partial charge in [0.25, 0.3) is 5.89 Å². The number of benzene rings is 1. The number of esters is 1. The van der Waals surface area contributed by atoms with Crippen LogP contribution in [0.15, 0.2) is 28.7 Å². The van der Waals surface area contributed by atoms with Gasteiger partial charge in [-0.25, -0.2) is 4.79 Å². The molecule has 0 aliphatic heterocycles. The maximum absolute atomic E-state index is 12.1. The maximum atomic E-state index is 12.1. The minimum absolute atomic E-state index is 0.0912. The van der Waals surface area contributed by atoms with Crippen LogP contribution in [0.2, 0.25) is 0 Å². The standard InChI is InChI=1S/C13H11F3N2O4/c1-7(11-18-17-8(2)21-11)20-12(19)9-4-3-5-10(6-9)22-13(14,15)16/h3-7H,1-2H3/t7-/m0/s1. The van der Waals surface area contributed by atoms with E-state index in [0.29, 0.717) is 5.89 Å². The molecule has 1 heterocycles. The van der Waals surface area contributed by atoms with Gasteiger partial charge in [-0.05, 0) is 25.1 Å². The Bertz CT molecular complexity index is 669.